The summed E-state index contributed by atoms with van der Waals surface area (Å²) in [7, 11) is -2.09. The monoisotopic (exact) mass is 389 g/mol. The van der Waals surface area contributed by atoms with Crippen LogP contribution in [0.4, 0.5) is 0 Å². The summed E-state index contributed by atoms with van der Waals surface area (Å²) in [4.78, 5) is 18.2. The molecule has 27 heavy (non-hydrogen) atoms. The molecule has 1 unspecified atom stereocenters. The van der Waals surface area contributed by atoms with Crippen LogP contribution < -0.4 is 5.73 Å². The van der Waals surface area contributed by atoms with Gasteiger partial charge in [0.15, 0.2) is 5.96 Å². The molecule has 8 nitrogen and oxygen atoms in total. The highest BCUT2D eigenvalue weighted by Gasteiger charge is 2.44. The molecule has 1 aromatic carbocycles. The summed E-state index contributed by atoms with van der Waals surface area (Å²) < 4.78 is 27.5. The predicted octanol–water partition coefficient (Wildman–Crippen LogP) is 0.894. The van der Waals surface area contributed by atoms with Gasteiger partial charge in [-0.3, -0.25) is 9.69 Å². The number of aliphatic imine (C=N–C) groups is 1. The van der Waals surface area contributed by atoms with Crippen molar-refractivity contribution < 1.29 is 13.2 Å². The number of nitrogens with zero attached hydrogens (tertiary/aromatic N) is 4. The van der Waals surface area contributed by atoms with Gasteiger partial charge in [0.2, 0.25) is 15.9 Å². The number of benzene rings is 1. The minimum atomic E-state index is -3.67. The smallest absolute Gasteiger partial charge is 0.243 e. The minimum Gasteiger partial charge on any atom is -0.369 e. The SMILES string of the molecule is CN1C(=O)C[C@@](C)(C2CCCN(S(=O)(=O)c3ccc(C#N)cc3)C2)N=C1N. The van der Waals surface area contributed by atoms with Gasteiger partial charge < -0.3 is 5.73 Å². The van der Waals surface area contributed by atoms with Crippen LogP contribution >= 0.6 is 0 Å². The maximum atomic E-state index is 13.0. The first-order chi connectivity index (χ1) is 12.7. The molecule has 0 radical (unpaired) electrons. The Labute approximate surface area is 159 Å². The number of nitrogens with two attached hydrogens (primary N) is 1. The number of carbonyl (C=O) groups is 1. The average molecular weight is 389 g/mol. The van der Waals surface area contributed by atoms with E-state index in [1.807, 2.05) is 13.0 Å². The van der Waals surface area contributed by atoms with Gasteiger partial charge >= 0.3 is 0 Å². The van der Waals surface area contributed by atoms with Crippen LogP contribution in [0.5, 0.6) is 0 Å². The molecule has 2 aliphatic heterocycles. The molecule has 1 aromatic rings. The predicted molar refractivity (Wildman–Crippen MR) is 100 cm³/mol. The second-order valence-corrected chi connectivity index (χ2v) is 9.23. The normalized spacial score (nSPS) is 27.1. The first kappa shape index (κ1) is 19.3. The van der Waals surface area contributed by atoms with Gasteiger partial charge in [0.1, 0.15) is 0 Å². The quantitative estimate of drug-likeness (QED) is 0.823. The zero-order valence-electron chi connectivity index (χ0n) is 15.4. The van der Waals surface area contributed by atoms with Crippen molar-refractivity contribution in [3.05, 3.63) is 29.8 Å². The molecule has 1 amide bonds. The van der Waals surface area contributed by atoms with Crippen molar-refractivity contribution in [2.24, 2.45) is 16.6 Å². The van der Waals surface area contributed by atoms with Gasteiger partial charge in [0.25, 0.3) is 0 Å². The zero-order chi connectivity index (χ0) is 19.8. The van der Waals surface area contributed by atoms with Gasteiger partial charge in [-0.15, -0.1) is 0 Å². The standard InChI is InChI=1S/C18H23N5O3S/c1-18(10-16(24)22(2)17(20)21-18)14-4-3-9-23(12-14)27(25,26)15-7-5-13(11-19)6-8-15/h5-8,14H,3-4,9-10,12H2,1-2H3,(H2,20,21)/t14?,18-/m0/s1. The fourth-order valence-electron chi connectivity index (χ4n) is 3.68. The molecule has 0 saturated carbocycles. The summed E-state index contributed by atoms with van der Waals surface area (Å²) in [5, 5.41) is 8.89. The third-order valence-electron chi connectivity index (χ3n) is 5.48. The lowest BCUT2D eigenvalue weighted by Crippen LogP contribution is -2.54. The molecular formula is C18H23N5O3S. The van der Waals surface area contributed by atoms with Crippen LogP contribution in [0, 0.1) is 17.2 Å². The van der Waals surface area contributed by atoms with E-state index in [4.69, 9.17) is 11.0 Å². The topological polar surface area (TPSA) is 120 Å². The van der Waals surface area contributed by atoms with E-state index in [-0.39, 0.29) is 35.6 Å². The van der Waals surface area contributed by atoms with Crippen molar-refractivity contribution in [1.29, 1.82) is 5.26 Å². The van der Waals surface area contributed by atoms with Crippen LogP contribution in [0.1, 0.15) is 31.7 Å². The second kappa shape index (κ2) is 6.94. The Kier molecular flexibility index (Phi) is 4.97. The first-order valence-electron chi connectivity index (χ1n) is 8.79. The van der Waals surface area contributed by atoms with Crippen LogP contribution in [-0.2, 0) is 14.8 Å². The van der Waals surface area contributed by atoms with Crippen molar-refractivity contribution in [2.45, 2.75) is 36.6 Å². The highest BCUT2D eigenvalue weighted by atomic mass is 32.2. The molecule has 1 fully saturated rings. The summed E-state index contributed by atoms with van der Waals surface area (Å²) in [6.45, 7) is 2.57. The second-order valence-electron chi connectivity index (χ2n) is 7.30. The number of nitriles is 1. The van der Waals surface area contributed by atoms with E-state index in [2.05, 4.69) is 4.99 Å². The summed E-state index contributed by atoms with van der Waals surface area (Å²) in [6, 6.07) is 7.88. The molecule has 0 aromatic heterocycles. The third kappa shape index (κ3) is 3.55. The third-order valence-corrected chi connectivity index (χ3v) is 7.36. The van der Waals surface area contributed by atoms with Crippen LogP contribution in [0.25, 0.3) is 0 Å². The number of hydrogen-bond acceptors (Lipinski definition) is 6. The number of amides is 1. The van der Waals surface area contributed by atoms with E-state index >= 15 is 0 Å². The molecule has 2 heterocycles. The summed E-state index contributed by atoms with van der Waals surface area (Å²) in [6.07, 6.45) is 1.68. The molecule has 2 aliphatic rings. The van der Waals surface area contributed by atoms with Crippen LogP contribution in [0.3, 0.4) is 0 Å². The average Bonchev–Trinajstić information content (AvgIpc) is 2.66. The lowest BCUT2D eigenvalue weighted by atomic mass is 9.78. The van der Waals surface area contributed by atoms with Crippen LogP contribution in [0.15, 0.2) is 34.2 Å². The Balaban J connectivity index is 1.85. The maximum Gasteiger partial charge on any atom is 0.243 e. The molecule has 2 atom stereocenters. The Morgan fingerprint density at radius 3 is 2.59 bits per heavy atom. The summed E-state index contributed by atoms with van der Waals surface area (Å²) >= 11 is 0. The van der Waals surface area contributed by atoms with E-state index in [1.54, 1.807) is 7.05 Å². The molecule has 0 spiro atoms. The van der Waals surface area contributed by atoms with Crippen molar-refractivity contribution in [2.75, 3.05) is 20.1 Å². The number of piperidine rings is 1. The highest BCUT2D eigenvalue weighted by Crippen LogP contribution is 2.37. The van der Waals surface area contributed by atoms with Gasteiger partial charge in [-0.2, -0.15) is 9.57 Å². The van der Waals surface area contributed by atoms with E-state index in [9.17, 15) is 13.2 Å². The summed E-state index contributed by atoms with van der Waals surface area (Å²) in [5.41, 5.74) is 5.58. The van der Waals surface area contributed by atoms with Crippen LogP contribution in [-0.4, -0.2) is 55.2 Å². The van der Waals surface area contributed by atoms with Crippen LogP contribution in [0.2, 0.25) is 0 Å². The number of guanidine groups is 1. The molecule has 144 valence electrons. The fourth-order valence-corrected chi connectivity index (χ4v) is 5.21. The van der Waals surface area contributed by atoms with Gasteiger partial charge in [0, 0.05) is 20.1 Å². The molecule has 0 bridgehead atoms. The van der Waals surface area contributed by atoms with E-state index in [0.29, 0.717) is 18.5 Å². The van der Waals surface area contributed by atoms with E-state index in [1.165, 1.54) is 33.5 Å². The number of hydrogen-bond donors (Lipinski definition) is 1. The van der Waals surface area contributed by atoms with Crippen molar-refractivity contribution in [1.82, 2.24) is 9.21 Å². The highest BCUT2D eigenvalue weighted by molar-refractivity contribution is 7.89. The Morgan fingerprint density at radius 2 is 2.00 bits per heavy atom. The molecular weight excluding hydrogens is 366 g/mol. The molecule has 0 aliphatic carbocycles. The fraction of sp³-hybridized carbons (Fsp3) is 0.500. The Morgan fingerprint density at radius 1 is 1.33 bits per heavy atom. The van der Waals surface area contributed by atoms with Gasteiger partial charge in [-0.05, 0) is 49.9 Å². The van der Waals surface area contributed by atoms with E-state index in [0.717, 1.165) is 6.42 Å². The summed E-state index contributed by atoms with van der Waals surface area (Å²) in [5.74, 6) is -0.0477. The van der Waals surface area contributed by atoms with Crippen molar-refractivity contribution in [3.63, 3.8) is 0 Å². The largest absolute Gasteiger partial charge is 0.369 e. The molecule has 3 rings (SSSR count). The van der Waals surface area contributed by atoms with E-state index < -0.39 is 15.6 Å². The Hall–Kier alpha value is -2.44. The zero-order valence-corrected chi connectivity index (χ0v) is 16.2. The number of carbonyl (C=O) groups excluding carboxylic acids is 1. The van der Waals surface area contributed by atoms with Crippen molar-refractivity contribution in [3.8, 4) is 6.07 Å². The molecule has 2 N–H and O–H groups in total. The maximum absolute atomic E-state index is 13.0. The van der Waals surface area contributed by atoms with Crippen molar-refractivity contribution >= 4 is 21.9 Å². The van der Waals surface area contributed by atoms with Gasteiger partial charge in [-0.1, -0.05) is 0 Å². The Bertz CT molecular complexity index is 919. The molecule has 9 heteroatoms. The lowest BCUT2D eigenvalue weighted by molar-refractivity contribution is -0.129. The minimum absolute atomic E-state index is 0.101. The van der Waals surface area contributed by atoms with Gasteiger partial charge in [0.05, 0.1) is 28.5 Å². The van der Waals surface area contributed by atoms with Gasteiger partial charge in [-0.25, -0.2) is 13.4 Å². The molecule has 1 saturated heterocycles. The lowest BCUT2D eigenvalue weighted by Gasteiger charge is -2.43. The number of rotatable bonds is 3. The first-order valence-corrected chi connectivity index (χ1v) is 10.2. The number of sulfonamides is 1.